The molecule has 2 aromatic rings. The second-order valence-electron chi connectivity index (χ2n) is 7.09. The zero-order valence-corrected chi connectivity index (χ0v) is 16.5. The van der Waals surface area contributed by atoms with E-state index in [9.17, 15) is 0 Å². The van der Waals surface area contributed by atoms with Crippen LogP contribution in [0.3, 0.4) is 0 Å². The highest BCUT2D eigenvalue weighted by Gasteiger charge is 2.09. The Kier molecular flexibility index (Phi) is 7.21. The lowest BCUT2D eigenvalue weighted by atomic mass is 10.1. The molecule has 0 bridgehead atoms. The first-order valence-electron chi connectivity index (χ1n) is 9.82. The number of benzene rings is 1. The smallest absolute Gasteiger partial charge is 0.191 e. The Hall–Kier alpha value is -2.41. The molecule has 0 amide bonds. The second kappa shape index (κ2) is 10.1. The maximum absolute atomic E-state index is 4.27. The summed E-state index contributed by atoms with van der Waals surface area (Å²) in [5, 5.41) is 10.7. The average molecular weight is 370 g/mol. The van der Waals surface area contributed by atoms with Gasteiger partial charge in [-0.3, -0.25) is 14.6 Å². The molecule has 0 radical (unpaired) electrons. The Morgan fingerprint density at radius 1 is 1.00 bits per heavy atom. The van der Waals surface area contributed by atoms with Gasteiger partial charge in [-0.2, -0.15) is 5.10 Å². The number of hydrogen-bond acceptors (Lipinski definition) is 4. The van der Waals surface area contributed by atoms with Gasteiger partial charge in [-0.05, 0) is 37.1 Å². The first-order valence-corrected chi connectivity index (χ1v) is 9.82. The molecule has 3 rings (SSSR count). The molecule has 2 N–H and O–H groups in total. The van der Waals surface area contributed by atoms with Crippen LogP contribution >= 0.6 is 0 Å². The number of hydrogen-bond donors (Lipinski definition) is 2. The SMILES string of the molecule is CN=C(NCc1ccc(CN2CCCCCC2)cc1)NCc1ncnn1C. The van der Waals surface area contributed by atoms with E-state index < -0.39 is 0 Å². The minimum atomic E-state index is 0.588. The van der Waals surface area contributed by atoms with Crippen LogP contribution in [-0.2, 0) is 26.7 Å². The third-order valence-electron chi connectivity index (χ3n) is 5.03. The van der Waals surface area contributed by atoms with Crippen molar-refractivity contribution in [1.29, 1.82) is 0 Å². The van der Waals surface area contributed by atoms with Crippen molar-refractivity contribution in [2.45, 2.75) is 45.3 Å². The van der Waals surface area contributed by atoms with Crippen molar-refractivity contribution in [3.63, 3.8) is 0 Å². The summed E-state index contributed by atoms with van der Waals surface area (Å²) in [7, 11) is 3.66. The molecule has 0 aliphatic carbocycles. The largest absolute Gasteiger partial charge is 0.352 e. The molecule has 0 saturated carbocycles. The van der Waals surface area contributed by atoms with Crippen LogP contribution in [-0.4, -0.2) is 45.8 Å². The normalized spacial score (nSPS) is 16.1. The Labute approximate surface area is 161 Å². The summed E-state index contributed by atoms with van der Waals surface area (Å²) in [5.74, 6) is 1.63. The average Bonchev–Trinajstić information content (AvgIpc) is 2.93. The van der Waals surface area contributed by atoms with Gasteiger partial charge in [0, 0.05) is 27.2 Å². The summed E-state index contributed by atoms with van der Waals surface area (Å²) < 4.78 is 1.75. The predicted molar refractivity (Wildman–Crippen MR) is 108 cm³/mol. The number of rotatable bonds is 6. The molecule has 0 unspecified atom stereocenters. The molecule has 1 aromatic heterocycles. The summed E-state index contributed by atoms with van der Waals surface area (Å²) in [5.41, 5.74) is 2.64. The van der Waals surface area contributed by atoms with Gasteiger partial charge in [-0.25, -0.2) is 4.98 Å². The van der Waals surface area contributed by atoms with Gasteiger partial charge in [0.1, 0.15) is 12.2 Å². The molecule has 27 heavy (non-hydrogen) atoms. The van der Waals surface area contributed by atoms with Gasteiger partial charge < -0.3 is 10.6 Å². The van der Waals surface area contributed by atoms with E-state index in [4.69, 9.17) is 0 Å². The third kappa shape index (κ3) is 6.06. The van der Waals surface area contributed by atoms with E-state index in [1.54, 1.807) is 18.1 Å². The molecule has 1 aromatic carbocycles. The Morgan fingerprint density at radius 3 is 2.30 bits per heavy atom. The Bertz CT molecular complexity index is 712. The van der Waals surface area contributed by atoms with Crippen molar-refractivity contribution >= 4 is 5.96 Å². The summed E-state index contributed by atoms with van der Waals surface area (Å²) >= 11 is 0. The number of aryl methyl sites for hydroxylation is 1. The van der Waals surface area contributed by atoms with Crippen LogP contribution < -0.4 is 10.6 Å². The number of guanidine groups is 1. The van der Waals surface area contributed by atoms with Crippen LogP contribution in [0.5, 0.6) is 0 Å². The molecule has 2 heterocycles. The number of nitrogens with one attached hydrogen (secondary N) is 2. The maximum Gasteiger partial charge on any atom is 0.191 e. The van der Waals surface area contributed by atoms with Gasteiger partial charge in [0.15, 0.2) is 5.96 Å². The van der Waals surface area contributed by atoms with Crippen molar-refractivity contribution in [2.75, 3.05) is 20.1 Å². The van der Waals surface area contributed by atoms with Crippen LogP contribution in [0.4, 0.5) is 0 Å². The van der Waals surface area contributed by atoms with Crippen molar-refractivity contribution in [3.05, 3.63) is 47.5 Å². The van der Waals surface area contributed by atoms with Crippen molar-refractivity contribution in [1.82, 2.24) is 30.3 Å². The highest BCUT2D eigenvalue weighted by atomic mass is 15.3. The van der Waals surface area contributed by atoms with Gasteiger partial charge in [-0.1, -0.05) is 37.1 Å². The van der Waals surface area contributed by atoms with Gasteiger partial charge >= 0.3 is 0 Å². The first kappa shape index (κ1) is 19.4. The molecule has 7 nitrogen and oxygen atoms in total. The highest BCUT2D eigenvalue weighted by Crippen LogP contribution is 2.13. The quantitative estimate of drug-likeness (QED) is 0.602. The second-order valence-corrected chi connectivity index (χ2v) is 7.09. The zero-order valence-electron chi connectivity index (χ0n) is 16.5. The molecule has 0 spiro atoms. The van der Waals surface area contributed by atoms with Crippen LogP contribution in [0.25, 0.3) is 0 Å². The molecule has 0 atom stereocenters. The fourth-order valence-electron chi connectivity index (χ4n) is 3.36. The van der Waals surface area contributed by atoms with Crippen LogP contribution in [0.15, 0.2) is 35.6 Å². The fraction of sp³-hybridized carbons (Fsp3) is 0.550. The summed E-state index contributed by atoms with van der Waals surface area (Å²) in [4.78, 5) is 11.1. The molecule has 7 heteroatoms. The Balaban J connectivity index is 1.45. The summed E-state index contributed by atoms with van der Waals surface area (Å²) in [6.07, 6.45) is 6.99. The lowest BCUT2D eigenvalue weighted by molar-refractivity contribution is 0.277. The standard InChI is InChI=1S/C20H31N7/c1-21-20(23-14-19-24-16-25-26(19)2)22-13-17-7-9-18(10-8-17)15-27-11-5-3-4-6-12-27/h7-10,16H,3-6,11-15H2,1-2H3,(H2,21,22,23). The first-order chi connectivity index (χ1) is 13.2. The van der Waals surface area contributed by atoms with Gasteiger partial charge in [0.25, 0.3) is 0 Å². The molecular formula is C20H31N7. The molecule has 146 valence electrons. The minimum Gasteiger partial charge on any atom is -0.352 e. The predicted octanol–water partition coefficient (Wildman–Crippen LogP) is 2.06. The van der Waals surface area contributed by atoms with E-state index in [0.717, 1.165) is 24.9 Å². The van der Waals surface area contributed by atoms with E-state index in [0.29, 0.717) is 6.54 Å². The summed E-state index contributed by atoms with van der Waals surface area (Å²) in [6.45, 7) is 4.86. The van der Waals surface area contributed by atoms with Crippen LogP contribution in [0.2, 0.25) is 0 Å². The fourth-order valence-corrected chi connectivity index (χ4v) is 3.36. The van der Waals surface area contributed by atoms with E-state index in [1.165, 1.54) is 49.9 Å². The maximum atomic E-state index is 4.27. The van der Waals surface area contributed by atoms with Crippen molar-refractivity contribution < 1.29 is 0 Å². The number of aliphatic imine (C=N–C) groups is 1. The lowest BCUT2D eigenvalue weighted by Crippen LogP contribution is -2.36. The number of aromatic nitrogens is 3. The molecule has 1 aliphatic heterocycles. The van der Waals surface area contributed by atoms with Gasteiger partial charge in [-0.15, -0.1) is 0 Å². The molecule has 1 saturated heterocycles. The topological polar surface area (TPSA) is 70.4 Å². The number of likely N-dealkylation sites (tertiary alicyclic amines) is 1. The van der Waals surface area contributed by atoms with Crippen LogP contribution in [0.1, 0.15) is 42.6 Å². The van der Waals surface area contributed by atoms with E-state index >= 15 is 0 Å². The van der Waals surface area contributed by atoms with Crippen molar-refractivity contribution in [3.8, 4) is 0 Å². The van der Waals surface area contributed by atoms with Crippen LogP contribution in [0, 0.1) is 0 Å². The highest BCUT2D eigenvalue weighted by molar-refractivity contribution is 5.79. The lowest BCUT2D eigenvalue weighted by Gasteiger charge is -2.20. The van der Waals surface area contributed by atoms with Gasteiger partial charge in [0.2, 0.25) is 0 Å². The van der Waals surface area contributed by atoms with Crippen molar-refractivity contribution in [2.24, 2.45) is 12.0 Å². The van der Waals surface area contributed by atoms with E-state index in [2.05, 4.69) is 54.9 Å². The zero-order chi connectivity index (χ0) is 18.9. The molecule has 1 fully saturated rings. The number of nitrogens with zero attached hydrogens (tertiary/aromatic N) is 5. The summed E-state index contributed by atoms with van der Waals surface area (Å²) in [6, 6.07) is 8.90. The van der Waals surface area contributed by atoms with E-state index in [-0.39, 0.29) is 0 Å². The molecular weight excluding hydrogens is 338 g/mol. The monoisotopic (exact) mass is 369 g/mol. The Morgan fingerprint density at radius 2 is 1.67 bits per heavy atom. The van der Waals surface area contributed by atoms with Gasteiger partial charge in [0.05, 0.1) is 6.54 Å². The minimum absolute atomic E-state index is 0.588. The van der Waals surface area contributed by atoms with E-state index in [1.807, 2.05) is 7.05 Å². The molecule has 1 aliphatic rings. The third-order valence-corrected chi connectivity index (χ3v) is 5.03.